The third-order valence-corrected chi connectivity index (χ3v) is 4.86. The van der Waals surface area contributed by atoms with Crippen LogP contribution in [0.25, 0.3) is 0 Å². The maximum Gasteiger partial charge on any atom is 0.124 e. The monoisotopic (exact) mass is 266 g/mol. The van der Waals surface area contributed by atoms with Crippen molar-refractivity contribution in [3.63, 3.8) is 0 Å². The zero-order valence-electron chi connectivity index (χ0n) is 11.6. The van der Waals surface area contributed by atoms with E-state index in [1.54, 1.807) is 0 Å². The average Bonchev–Trinajstić information content (AvgIpc) is 2.79. The summed E-state index contributed by atoms with van der Waals surface area (Å²) in [6.07, 6.45) is 5.05. The quantitative estimate of drug-likeness (QED) is 0.676. The first-order valence-electron chi connectivity index (χ1n) is 6.94. The van der Waals surface area contributed by atoms with Crippen LogP contribution in [-0.2, 0) is 0 Å². The van der Waals surface area contributed by atoms with Gasteiger partial charge in [0.15, 0.2) is 0 Å². The van der Waals surface area contributed by atoms with Crippen LogP contribution in [0.2, 0.25) is 0 Å². The molecule has 0 amide bonds. The Bertz CT molecular complexity index is 408. The van der Waals surface area contributed by atoms with Gasteiger partial charge in [-0.05, 0) is 38.2 Å². The zero-order valence-corrected chi connectivity index (χ0v) is 12.4. The molecule has 0 bridgehead atoms. The van der Waals surface area contributed by atoms with Crippen LogP contribution in [0, 0.1) is 12.3 Å². The highest BCUT2D eigenvalue weighted by Gasteiger charge is 2.38. The van der Waals surface area contributed by atoms with E-state index >= 15 is 0 Å². The van der Waals surface area contributed by atoms with Crippen LogP contribution in [0.4, 0.5) is 0 Å². The fourth-order valence-corrected chi connectivity index (χ4v) is 3.35. The zero-order chi connectivity index (χ0) is 13.2. The second-order valence-electron chi connectivity index (χ2n) is 5.70. The maximum atomic E-state index is 6.79. The van der Waals surface area contributed by atoms with E-state index in [4.69, 9.17) is 16.3 Å². The molecule has 0 N–H and O–H groups in total. The summed E-state index contributed by atoms with van der Waals surface area (Å²) in [7, 11) is 0. The fraction of sp³-hybridized carbons (Fsp3) is 0.625. The van der Waals surface area contributed by atoms with E-state index in [0.717, 1.165) is 5.75 Å². The van der Waals surface area contributed by atoms with Crippen LogP contribution < -0.4 is 4.74 Å². The Labute approximate surface area is 115 Å². The van der Waals surface area contributed by atoms with Gasteiger partial charge >= 0.3 is 0 Å². The van der Waals surface area contributed by atoms with Crippen LogP contribution in [0.1, 0.15) is 56.0 Å². The number of aryl methyl sites for hydroxylation is 1. The SMILES string of the molecule is CCOc1ccc(C)cc1C(Cl)C1(C)CCCC1. The molecular formula is C16H23ClO. The molecule has 1 unspecified atom stereocenters. The van der Waals surface area contributed by atoms with Crippen molar-refractivity contribution in [3.05, 3.63) is 29.3 Å². The molecule has 0 aromatic heterocycles. The normalized spacial score (nSPS) is 19.8. The van der Waals surface area contributed by atoms with Crippen molar-refractivity contribution in [1.82, 2.24) is 0 Å². The Hall–Kier alpha value is -0.690. The lowest BCUT2D eigenvalue weighted by atomic mass is 9.81. The molecule has 0 saturated heterocycles. The van der Waals surface area contributed by atoms with Gasteiger partial charge in [-0.25, -0.2) is 0 Å². The van der Waals surface area contributed by atoms with Crippen LogP contribution in [0.15, 0.2) is 18.2 Å². The Morgan fingerprint density at radius 2 is 2.00 bits per heavy atom. The molecule has 0 radical (unpaired) electrons. The van der Waals surface area contributed by atoms with Gasteiger partial charge in [-0.15, -0.1) is 11.6 Å². The van der Waals surface area contributed by atoms with Crippen LogP contribution in [0.5, 0.6) is 5.75 Å². The number of alkyl halides is 1. The molecule has 2 heteroatoms. The van der Waals surface area contributed by atoms with Gasteiger partial charge < -0.3 is 4.74 Å². The van der Waals surface area contributed by atoms with Gasteiger partial charge in [-0.2, -0.15) is 0 Å². The molecular weight excluding hydrogens is 244 g/mol. The van der Waals surface area contributed by atoms with E-state index in [1.165, 1.54) is 36.8 Å². The van der Waals surface area contributed by atoms with Crippen molar-refractivity contribution in [1.29, 1.82) is 0 Å². The minimum absolute atomic E-state index is 0.0569. The number of halogens is 1. The van der Waals surface area contributed by atoms with Crippen LogP contribution >= 0.6 is 11.6 Å². The average molecular weight is 267 g/mol. The lowest BCUT2D eigenvalue weighted by molar-refractivity contribution is 0.300. The molecule has 1 atom stereocenters. The fourth-order valence-electron chi connectivity index (χ4n) is 2.96. The molecule has 100 valence electrons. The number of hydrogen-bond acceptors (Lipinski definition) is 1. The summed E-state index contributed by atoms with van der Waals surface area (Å²) < 4.78 is 5.73. The Balaban J connectivity index is 2.33. The minimum atomic E-state index is 0.0569. The summed E-state index contributed by atoms with van der Waals surface area (Å²) in [5.74, 6) is 0.955. The van der Waals surface area contributed by atoms with Gasteiger partial charge in [-0.1, -0.05) is 37.5 Å². The Morgan fingerprint density at radius 1 is 1.33 bits per heavy atom. The predicted molar refractivity (Wildman–Crippen MR) is 77.5 cm³/mol. The first-order valence-corrected chi connectivity index (χ1v) is 7.38. The van der Waals surface area contributed by atoms with E-state index < -0.39 is 0 Å². The predicted octanol–water partition coefficient (Wildman–Crippen LogP) is 5.25. The van der Waals surface area contributed by atoms with Gasteiger partial charge in [0.25, 0.3) is 0 Å². The molecule has 1 nitrogen and oxygen atoms in total. The summed E-state index contributed by atoms with van der Waals surface area (Å²) in [5.41, 5.74) is 2.64. The summed E-state index contributed by atoms with van der Waals surface area (Å²) in [5, 5.41) is 0.0569. The third-order valence-electron chi connectivity index (χ3n) is 4.10. The Morgan fingerprint density at radius 3 is 2.61 bits per heavy atom. The summed E-state index contributed by atoms with van der Waals surface area (Å²) in [6.45, 7) is 7.14. The summed E-state index contributed by atoms with van der Waals surface area (Å²) in [6, 6.07) is 6.34. The highest BCUT2D eigenvalue weighted by molar-refractivity contribution is 6.21. The number of ether oxygens (including phenoxy) is 1. The largest absolute Gasteiger partial charge is 0.494 e. The molecule has 2 rings (SSSR count). The number of hydrogen-bond donors (Lipinski definition) is 0. The van der Waals surface area contributed by atoms with Crippen molar-refractivity contribution in [2.24, 2.45) is 5.41 Å². The lowest BCUT2D eigenvalue weighted by Crippen LogP contribution is -2.19. The molecule has 0 heterocycles. The maximum absolute atomic E-state index is 6.79. The highest BCUT2D eigenvalue weighted by Crippen LogP contribution is 2.52. The van der Waals surface area contributed by atoms with Gasteiger partial charge in [0.1, 0.15) is 5.75 Å². The van der Waals surface area contributed by atoms with E-state index in [2.05, 4.69) is 32.0 Å². The number of benzene rings is 1. The molecule has 1 aromatic carbocycles. The Kier molecular flexibility index (Phi) is 4.21. The number of rotatable bonds is 4. The molecule has 1 aliphatic carbocycles. The van der Waals surface area contributed by atoms with E-state index in [1.807, 2.05) is 6.92 Å². The highest BCUT2D eigenvalue weighted by atomic mass is 35.5. The molecule has 1 aliphatic rings. The van der Waals surface area contributed by atoms with Crippen LogP contribution in [-0.4, -0.2) is 6.61 Å². The van der Waals surface area contributed by atoms with E-state index in [0.29, 0.717) is 6.61 Å². The topological polar surface area (TPSA) is 9.23 Å². The molecule has 1 saturated carbocycles. The van der Waals surface area contributed by atoms with Crippen LogP contribution in [0.3, 0.4) is 0 Å². The standard InChI is InChI=1S/C16H23ClO/c1-4-18-14-8-7-12(2)11-13(14)15(17)16(3)9-5-6-10-16/h7-8,11,15H,4-6,9-10H2,1-3H3. The third kappa shape index (κ3) is 2.66. The molecule has 1 fully saturated rings. The van der Waals surface area contributed by atoms with Gasteiger partial charge in [0.2, 0.25) is 0 Å². The van der Waals surface area contributed by atoms with Crippen molar-refractivity contribution in [2.75, 3.05) is 6.61 Å². The van der Waals surface area contributed by atoms with Gasteiger partial charge in [-0.3, -0.25) is 0 Å². The second kappa shape index (κ2) is 5.52. The van der Waals surface area contributed by atoms with Crippen molar-refractivity contribution in [2.45, 2.75) is 51.8 Å². The first-order chi connectivity index (χ1) is 8.57. The molecule has 18 heavy (non-hydrogen) atoms. The minimum Gasteiger partial charge on any atom is -0.494 e. The smallest absolute Gasteiger partial charge is 0.124 e. The lowest BCUT2D eigenvalue weighted by Gasteiger charge is -2.31. The summed E-state index contributed by atoms with van der Waals surface area (Å²) >= 11 is 6.79. The first kappa shape index (κ1) is 13.7. The van der Waals surface area contributed by atoms with Crippen molar-refractivity contribution in [3.8, 4) is 5.75 Å². The van der Waals surface area contributed by atoms with Crippen molar-refractivity contribution >= 4 is 11.6 Å². The van der Waals surface area contributed by atoms with Gasteiger partial charge in [0, 0.05) is 5.56 Å². The van der Waals surface area contributed by atoms with Gasteiger partial charge in [0.05, 0.1) is 12.0 Å². The summed E-state index contributed by atoms with van der Waals surface area (Å²) in [4.78, 5) is 0. The van der Waals surface area contributed by atoms with E-state index in [9.17, 15) is 0 Å². The van der Waals surface area contributed by atoms with E-state index in [-0.39, 0.29) is 10.8 Å². The molecule has 0 spiro atoms. The molecule has 1 aromatic rings. The second-order valence-corrected chi connectivity index (χ2v) is 6.13. The van der Waals surface area contributed by atoms with Crippen molar-refractivity contribution < 1.29 is 4.74 Å². The molecule has 0 aliphatic heterocycles.